The first-order chi connectivity index (χ1) is 24.3. The number of fused-ring (bicyclic) bond motifs is 7. The van der Waals surface area contributed by atoms with Crippen molar-refractivity contribution < 1.29 is 0 Å². The zero-order valence-electron chi connectivity index (χ0n) is 26.5. The van der Waals surface area contributed by atoms with Gasteiger partial charge in [-0.05, 0) is 69.4 Å². The van der Waals surface area contributed by atoms with Gasteiger partial charge in [-0.3, -0.25) is 0 Å². The molecule has 0 atom stereocenters. The maximum Gasteiger partial charge on any atom is 0.0640 e. The van der Waals surface area contributed by atoms with Gasteiger partial charge in [-0.2, -0.15) is 0 Å². The number of hydrogen-bond acceptors (Lipinski definition) is 3. The molecule has 0 unspecified atom stereocenters. The van der Waals surface area contributed by atoms with Gasteiger partial charge in [0.15, 0.2) is 0 Å². The zero-order valence-corrected chi connectivity index (χ0v) is 28.1. The molecule has 0 saturated carbocycles. The lowest BCUT2D eigenvalue weighted by atomic mass is 9.97. The highest BCUT2D eigenvalue weighted by molar-refractivity contribution is 7.27. The first-order valence-electron chi connectivity index (χ1n) is 16.6. The normalized spacial score (nSPS) is 11.7. The quantitative estimate of drug-likeness (QED) is 0.178. The molecule has 0 fully saturated rings. The van der Waals surface area contributed by atoms with Crippen molar-refractivity contribution in [2.75, 3.05) is 4.90 Å². The first kappa shape index (κ1) is 28.3. The van der Waals surface area contributed by atoms with E-state index in [9.17, 15) is 0 Å². The Kier molecular flexibility index (Phi) is 6.61. The minimum Gasteiger partial charge on any atom is -0.309 e. The van der Waals surface area contributed by atoms with E-state index in [1.165, 1.54) is 79.1 Å². The van der Waals surface area contributed by atoms with Crippen LogP contribution < -0.4 is 4.90 Å². The zero-order chi connectivity index (χ0) is 32.3. The molecule has 0 spiro atoms. The van der Waals surface area contributed by atoms with Crippen LogP contribution in [0.5, 0.6) is 0 Å². The fourth-order valence-corrected chi connectivity index (χ4v) is 9.88. The molecule has 0 aliphatic rings. The van der Waals surface area contributed by atoms with Gasteiger partial charge in [0.05, 0.1) is 10.4 Å². The number of hydrogen-bond donors (Lipinski definition) is 0. The molecule has 0 aliphatic carbocycles. The summed E-state index contributed by atoms with van der Waals surface area (Å²) in [6, 6.07) is 64.4. The molecular weight excluding hydrogens is 631 g/mol. The molecule has 0 saturated heterocycles. The maximum atomic E-state index is 2.47. The van der Waals surface area contributed by atoms with E-state index in [1.807, 2.05) is 22.7 Å². The van der Waals surface area contributed by atoms with Crippen molar-refractivity contribution in [3.8, 4) is 22.3 Å². The third-order valence-electron chi connectivity index (χ3n) is 9.65. The summed E-state index contributed by atoms with van der Waals surface area (Å²) in [4.78, 5) is 2.47. The minimum atomic E-state index is 1.14. The Morgan fingerprint density at radius 1 is 0.347 bits per heavy atom. The summed E-state index contributed by atoms with van der Waals surface area (Å²) in [6.45, 7) is 0. The number of benzene rings is 8. The second-order valence-electron chi connectivity index (χ2n) is 12.5. The van der Waals surface area contributed by atoms with Gasteiger partial charge in [-0.1, -0.05) is 140 Å². The summed E-state index contributed by atoms with van der Waals surface area (Å²) in [5, 5.41) is 7.73. The molecule has 1 nitrogen and oxygen atoms in total. The summed E-state index contributed by atoms with van der Waals surface area (Å²) >= 11 is 3.77. The summed E-state index contributed by atoms with van der Waals surface area (Å²) in [5.41, 5.74) is 8.46. The van der Waals surface area contributed by atoms with Crippen molar-refractivity contribution >= 4 is 90.9 Å². The monoisotopic (exact) mass is 659 g/mol. The molecular formula is C46H29NS2. The predicted octanol–water partition coefficient (Wildman–Crippen LogP) is 14.4. The van der Waals surface area contributed by atoms with Crippen LogP contribution in [0.2, 0.25) is 0 Å². The maximum absolute atomic E-state index is 2.47. The van der Waals surface area contributed by atoms with Crippen LogP contribution in [-0.4, -0.2) is 0 Å². The van der Waals surface area contributed by atoms with E-state index in [0.717, 1.165) is 11.4 Å². The van der Waals surface area contributed by atoms with Crippen molar-refractivity contribution in [1.82, 2.24) is 0 Å². The number of thiophene rings is 2. The highest BCUT2D eigenvalue weighted by Crippen LogP contribution is 2.48. The van der Waals surface area contributed by atoms with Crippen LogP contribution >= 0.6 is 22.7 Å². The summed E-state index contributed by atoms with van der Waals surface area (Å²) < 4.78 is 5.22. The Hall–Kier alpha value is -5.74. The lowest BCUT2D eigenvalue weighted by molar-refractivity contribution is 1.31. The summed E-state index contributed by atoms with van der Waals surface area (Å²) in [7, 11) is 0. The van der Waals surface area contributed by atoms with Crippen molar-refractivity contribution in [2.24, 2.45) is 0 Å². The summed E-state index contributed by atoms with van der Waals surface area (Å²) in [6.07, 6.45) is 0. The second-order valence-corrected chi connectivity index (χ2v) is 14.6. The van der Waals surface area contributed by atoms with E-state index in [4.69, 9.17) is 0 Å². The van der Waals surface area contributed by atoms with E-state index in [1.54, 1.807) is 0 Å². The van der Waals surface area contributed by atoms with Gasteiger partial charge in [-0.25, -0.2) is 0 Å². The molecule has 0 aliphatic heterocycles. The van der Waals surface area contributed by atoms with Crippen LogP contribution in [0.3, 0.4) is 0 Å². The fraction of sp³-hybridized carbons (Fsp3) is 0. The Bertz CT molecular complexity index is 2840. The number of rotatable bonds is 5. The summed E-state index contributed by atoms with van der Waals surface area (Å²) in [5.74, 6) is 0. The smallest absolute Gasteiger partial charge is 0.0640 e. The van der Waals surface area contributed by atoms with Gasteiger partial charge in [0.2, 0.25) is 0 Å². The van der Waals surface area contributed by atoms with Crippen LogP contribution in [0.4, 0.5) is 17.1 Å². The third-order valence-corrected chi connectivity index (χ3v) is 12.1. The highest BCUT2D eigenvalue weighted by atomic mass is 32.1. The van der Waals surface area contributed by atoms with Crippen LogP contribution in [0.25, 0.3) is 73.4 Å². The largest absolute Gasteiger partial charge is 0.309 e. The van der Waals surface area contributed by atoms with Crippen molar-refractivity contribution in [3.05, 3.63) is 176 Å². The Morgan fingerprint density at radius 2 is 0.980 bits per heavy atom. The van der Waals surface area contributed by atoms with E-state index in [-0.39, 0.29) is 0 Å². The predicted molar refractivity (Wildman–Crippen MR) is 215 cm³/mol. The molecule has 2 heterocycles. The SMILES string of the molecule is c1ccc(-c2cccc3c2sc2c(N(c4cccc(-c5cccc6ccccc56)c4)c4ccc5c(c4)sc4ccccc45)cccc23)cc1. The highest BCUT2D eigenvalue weighted by Gasteiger charge is 2.21. The van der Waals surface area contributed by atoms with E-state index in [0.29, 0.717) is 0 Å². The van der Waals surface area contributed by atoms with Crippen LogP contribution in [0.1, 0.15) is 0 Å². The Labute approximate surface area is 292 Å². The molecule has 230 valence electrons. The topological polar surface area (TPSA) is 3.24 Å². The van der Waals surface area contributed by atoms with E-state index < -0.39 is 0 Å². The van der Waals surface area contributed by atoms with Crippen LogP contribution in [0.15, 0.2) is 176 Å². The van der Waals surface area contributed by atoms with E-state index >= 15 is 0 Å². The molecule has 49 heavy (non-hydrogen) atoms. The van der Waals surface area contributed by atoms with E-state index in [2.05, 4.69) is 181 Å². The standard InChI is InChI=1S/C46H29NS2/c1-2-12-31(13-3-1)37-21-10-22-40-41-23-11-24-42(46(41)49-45(37)40)47(34-26-27-39-38-19-6-7-25-43(38)48-44(39)29-34)33-17-8-16-32(28-33)36-20-9-15-30-14-4-5-18-35(30)36/h1-29H. The molecule has 10 aromatic rings. The second kappa shape index (κ2) is 11.5. The lowest BCUT2D eigenvalue weighted by Gasteiger charge is -2.27. The molecule has 0 N–H and O–H groups in total. The van der Waals surface area contributed by atoms with Gasteiger partial charge in [0, 0.05) is 47.0 Å². The molecule has 0 amide bonds. The average Bonchev–Trinajstić information content (AvgIpc) is 3.74. The number of nitrogens with zero attached hydrogens (tertiary/aromatic N) is 1. The van der Waals surface area contributed by atoms with Gasteiger partial charge >= 0.3 is 0 Å². The van der Waals surface area contributed by atoms with Crippen LogP contribution in [0, 0.1) is 0 Å². The first-order valence-corrected chi connectivity index (χ1v) is 18.2. The van der Waals surface area contributed by atoms with Gasteiger partial charge < -0.3 is 4.90 Å². The third kappa shape index (κ3) is 4.66. The average molecular weight is 660 g/mol. The van der Waals surface area contributed by atoms with Gasteiger partial charge in [0.1, 0.15) is 0 Å². The molecule has 8 aromatic carbocycles. The van der Waals surface area contributed by atoms with Gasteiger partial charge in [0.25, 0.3) is 0 Å². The van der Waals surface area contributed by atoms with Crippen molar-refractivity contribution in [2.45, 2.75) is 0 Å². The minimum absolute atomic E-state index is 1.14. The Balaban J connectivity index is 1.23. The van der Waals surface area contributed by atoms with Crippen molar-refractivity contribution in [1.29, 1.82) is 0 Å². The van der Waals surface area contributed by atoms with Crippen molar-refractivity contribution in [3.63, 3.8) is 0 Å². The molecule has 2 aromatic heterocycles. The molecule has 10 rings (SSSR count). The molecule has 0 bridgehead atoms. The lowest BCUT2D eigenvalue weighted by Crippen LogP contribution is -2.10. The fourth-order valence-electron chi connectivity index (χ4n) is 7.40. The molecule has 0 radical (unpaired) electrons. The van der Waals surface area contributed by atoms with Crippen LogP contribution in [-0.2, 0) is 0 Å². The molecule has 3 heteroatoms. The number of anilines is 3. The van der Waals surface area contributed by atoms with Gasteiger partial charge in [-0.15, -0.1) is 22.7 Å². The Morgan fingerprint density at radius 3 is 1.90 bits per heavy atom.